The van der Waals surface area contributed by atoms with E-state index in [0.29, 0.717) is 36.7 Å². The molecule has 0 fully saturated rings. The summed E-state index contributed by atoms with van der Waals surface area (Å²) in [5, 5.41) is 11.7. The lowest BCUT2D eigenvalue weighted by Gasteiger charge is -2.21. The zero-order valence-corrected chi connectivity index (χ0v) is 11.9. The maximum Gasteiger partial charge on any atom is 0.308 e. The molecule has 0 saturated heterocycles. The summed E-state index contributed by atoms with van der Waals surface area (Å²) in [6.07, 6.45) is 1.28. The molecular weight excluding hydrogens is 274 g/mol. The first-order chi connectivity index (χ1) is 10.1. The van der Waals surface area contributed by atoms with Gasteiger partial charge in [0.25, 0.3) is 5.91 Å². The Morgan fingerprint density at radius 2 is 2.10 bits per heavy atom. The topological polar surface area (TPSA) is 84.9 Å². The predicted octanol–water partition coefficient (Wildman–Crippen LogP) is 1.69. The molecule has 2 rings (SSSR count). The van der Waals surface area contributed by atoms with Crippen LogP contribution in [0.25, 0.3) is 0 Å². The molecule has 0 bridgehead atoms. The molecule has 1 aromatic carbocycles. The van der Waals surface area contributed by atoms with Crippen molar-refractivity contribution in [2.75, 3.05) is 19.8 Å². The number of ether oxygens (including phenoxy) is 2. The molecule has 0 radical (unpaired) electrons. The highest BCUT2D eigenvalue weighted by atomic mass is 16.6. The number of benzene rings is 1. The second-order valence-electron chi connectivity index (χ2n) is 4.86. The summed E-state index contributed by atoms with van der Waals surface area (Å²) >= 11 is 0. The molecule has 0 aromatic heterocycles. The van der Waals surface area contributed by atoms with Gasteiger partial charge in [-0.2, -0.15) is 0 Å². The van der Waals surface area contributed by atoms with E-state index in [9.17, 15) is 9.59 Å². The van der Waals surface area contributed by atoms with Gasteiger partial charge in [-0.1, -0.05) is 19.4 Å². The van der Waals surface area contributed by atoms with Crippen molar-refractivity contribution in [3.8, 4) is 11.5 Å². The van der Waals surface area contributed by atoms with Crippen LogP contribution in [0.5, 0.6) is 11.5 Å². The molecule has 1 aromatic rings. The smallest absolute Gasteiger partial charge is 0.308 e. The maximum absolute atomic E-state index is 12.2. The molecule has 21 heavy (non-hydrogen) atoms. The van der Waals surface area contributed by atoms with Gasteiger partial charge in [0.1, 0.15) is 13.2 Å². The Kier molecular flexibility index (Phi) is 5.03. The fourth-order valence-corrected chi connectivity index (χ4v) is 2.22. The molecule has 0 spiro atoms. The van der Waals surface area contributed by atoms with Crippen LogP contribution < -0.4 is 14.8 Å². The first-order valence-electron chi connectivity index (χ1n) is 7.03. The van der Waals surface area contributed by atoms with E-state index < -0.39 is 11.9 Å². The number of hydrogen-bond donors (Lipinski definition) is 2. The third-order valence-corrected chi connectivity index (χ3v) is 3.31. The summed E-state index contributed by atoms with van der Waals surface area (Å²) in [7, 11) is 0. The average Bonchev–Trinajstić information content (AvgIpc) is 2.50. The molecule has 1 atom stereocenters. The minimum Gasteiger partial charge on any atom is -0.486 e. The number of carbonyl (C=O) groups is 2. The fraction of sp³-hybridized carbons (Fsp3) is 0.467. The Morgan fingerprint density at radius 1 is 1.33 bits per heavy atom. The average molecular weight is 293 g/mol. The molecule has 6 heteroatoms. The number of carbonyl (C=O) groups excluding carboxylic acids is 1. The van der Waals surface area contributed by atoms with Crippen LogP contribution in [0.2, 0.25) is 0 Å². The van der Waals surface area contributed by atoms with E-state index in [1.54, 1.807) is 18.2 Å². The minimum absolute atomic E-state index is 0.104. The Balaban J connectivity index is 2.05. The summed E-state index contributed by atoms with van der Waals surface area (Å²) in [6.45, 7) is 2.86. The molecule has 2 N–H and O–H groups in total. The SMILES string of the molecule is CCCC(CNC(=O)c1cccc2c1OCCO2)C(=O)O. The molecule has 6 nitrogen and oxygen atoms in total. The summed E-state index contributed by atoms with van der Waals surface area (Å²) in [4.78, 5) is 23.3. The zero-order chi connectivity index (χ0) is 15.2. The van der Waals surface area contributed by atoms with Crippen LogP contribution >= 0.6 is 0 Å². The quantitative estimate of drug-likeness (QED) is 0.833. The van der Waals surface area contributed by atoms with Crippen LogP contribution in [-0.2, 0) is 4.79 Å². The molecule has 0 saturated carbocycles. The van der Waals surface area contributed by atoms with E-state index >= 15 is 0 Å². The highest BCUT2D eigenvalue weighted by Gasteiger charge is 2.22. The van der Waals surface area contributed by atoms with Crippen molar-refractivity contribution in [3.63, 3.8) is 0 Å². The van der Waals surface area contributed by atoms with Crippen LogP contribution in [0.4, 0.5) is 0 Å². The second-order valence-corrected chi connectivity index (χ2v) is 4.86. The lowest BCUT2D eigenvalue weighted by Crippen LogP contribution is -2.33. The van der Waals surface area contributed by atoms with Gasteiger partial charge in [0, 0.05) is 6.54 Å². The largest absolute Gasteiger partial charge is 0.486 e. The molecule has 0 aliphatic carbocycles. The number of aliphatic carboxylic acids is 1. The molecule has 1 aliphatic rings. The lowest BCUT2D eigenvalue weighted by molar-refractivity contribution is -0.141. The lowest BCUT2D eigenvalue weighted by atomic mass is 10.0. The number of hydrogen-bond acceptors (Lipinski definition) is 4. The van der Waals surface area contributed by atoms with Gasteiger partial charge in [-0.05, 0) is 18.6 Å². The monoisotopic (exact) mass is 293 g/mol. The predicted molar refractivity (Wildman–Crippen MR) is 75.8 cm³/mol. The first kappa shape index (κ1) is 15.2. The Bertz CT molecular complexity index is 529. The molecule has 1 unspecified atom stereocenters. The maximum atomic E-state index is 12.2. The summed E-state index contributed by atoms with van der Waals surface area (Å²) in [6, 6.07) is 5.09. The molecule has 1 amide bonds. The van der Waals surface area contributed by atoms with Gasteiger partial charge >= 0.3 is 5.97 Å². The van der Waals surface area contributed by atoms with Gasteiger partial charge in [-0.25, -0.2) is 0 Å². The van der Waals surface area contributed by atoms with E-state index in [1.807, 2.05) is 6.92 Å². The highest BCUT2D eigenvalue weighted by molar-refractivity contribution is 5.98. The van der Waals surface area contributed by atoms with Gasteiger partial charge in [-0.15, -0.1) is 0 Å². The summed E-state index contributed by atoms with van der Waals surface area (Å²) in [5.41, 5.74) is 0.368. The first-order valence-corrected chi connectivity index (χ1v) is 7.03. The molecule has 1 heterocycles. The molecule has 114 valence electrons. The Labute approximate surface area is 123 Å². The van der Waals surface area contributed by atoms with Crippen LogP contribution in [0.3, 0.4) is 0 Å². The van der Waals surface area contributed by atoms with Crippen LogP contribution in [0.15, 0.2) is 18.2 Å². The van der Waals surface area contributed by atoms with Gasteiger partial charge in [-0.3, -0.25) is 9.59 Å². The number of carboxylic acid groups (broad SMARTS) is 1. The van der Waals surface area contributed by atoms with Gasteiger partial charge < -0.3 is 19.9 Å². The highest BCUT2D eigenvalue weighted by Crippen LogP contribution is 2.33. The minimum atomic E-state index is -0.896. The standard InChI is InChI=1S/C15H19NO5/c1-2-4-10(15(18)19)9-16-14(17)11-5-3-6-12-13(11)21-8-7-20-12/h3,5-6,10H,2,4,7-9H2,1H3,(H,16,17)(H,18,19). The van der Waals surface area contributed by atoms with Crippen molar-refractivity contribution in [1.82, 2.24) is 5.32 Å². The number of rotatable bonds is 6. The van der Waals surface area contributed by atoms with E-state index in [-0.39, 0.29) is 12.5 Å². The van der Waals surface area contributed by atoms with E-state index in [0.717, 1.165) is 6.42 Å². The van der Waals surface area contributed by atoms with Crippen molar-refractivity contribution in [2.24, 2.45) is 5.92 Å². The van der Waals surface area contributed by atoms with Crippen LogP contribution in [0, 0.1) is 5.92 Å². The third-order valence-electron chi connectivity index (χ3n) is 3.31. The van der Waals surface area contributed by atoms with Gasteiger partial charge in [0.05, 0.1) is 11.5 Å². The van der Waals surface area contributed by atoms with Crippen LogP contribution in [0.1, 0.15) is 30.1 Å². The third kappa shape index (κ3) is 3.65. The zero-order valence-electron chi connectivity index (χ0n) is 11.9. The summed E-state index contributed by atoms with van der Waals surface area (Å²) in [5.74, 6) is -0.858. The number of amides is 1. The number of carboxylic acids is 1. The van der Waals surface area contributed by atoms with E-state index in [2.05, 4.69) is 5.32 Å². The van der Waals surface area contributed by atoms with Crippen molar-refractivity contribution in [3.05, 3.63) is 23.8 Å². The number of fused-ring (bicyclic) bond motifs is 1. The van der Waals surface area contributed by atoms with Crippen molar-refractivity contribution in [1.29, 1.82) is 0 Å². The van der Waals surface area contributed by atoms with E-state index in [4.69, 9.17) is 14.6 Å². The summed E-state index contributed by atoms with van der Waals surface area (Å²) < 4.78 is 10.9. The van der Waals surface area contributed by atoms with Crippen LogP contribution in [-0.4, -0.2) is 36.7 Å². The number of para-hydroxylation sites is 1. The molecule has 1 aliphatic heterocycles. The molecular formula is C15H19NO5. The van der Waals surface area contributed by atoms with Crippen molar-refractivity contribution < 1.29 is 24.2 Å². The van der Waals surface area contributed by atoms with Crippen molar-refractivity contribution >= 4 is 11.9 Å². The Hall–Kier alpha value is -2.24. The normalized spacial score (nSPS) is 14.3. The number of nitrogens with one attached hydrogen (secondary N) is 1. The Morgan fingerprint density at radius 3 is 2.81 bits per heavy atom. The van der Waals surface area contributed by atoms with Crippen molar-refractivity contribution in [2.45, 2.75) is 19.8 Å². The fourth-order valence-electron chi connectivity index (χ4n) is 2.22. The second kappa shape index (κ2) is 6.97. The van der Waals surface area contributed by atoms with E-state index in [1.165, 1.54) is 0 Å². The van der Waals surface area contributed by atoms with Gasteiger partial charge in [0.15, 0.2) is 11.5 Å². The van der Waals surface area contributed by atoms with Gasteiger partial charge in [0.2, 0.25) is 0 Å².